The molecule has 0 aliphatic carbocycles. The van der Waals surface area contributed by atoms with Crippen LogP contribution in [-0.4, -0.2) is 4.40 Å². The van der Waals surface area contributed by atoms with E-state index >= 15 is 0 Å². The minimum Gasteiger partial charge on any atom is -0.310 e. The number of hydrogen-bond acceptors (Lipinski definition) is 1. The summed E-state index contributed by atoms with van der Waals surface area (Å²) in [7, 11) is 0. The molecule has 2 aromatic heterocycles. The van der Waals surface area contributed by atoms with E-state index in [-0.39, 0.29) is 0 Å². The third-order valence-corrected chi connectivity index (χ3v) is 8.65. The zero-order chi connectivity index (χ0) is 27.6. The number of rotatable bonds is 4. The monoisotopic (exact) mass is 534 g/mol. The molecule has 0 unspecified atom stereocenters. The third kappa shape index (κ3) is 3.33. The molecule has 2 nitrogen and oxygen atoms in total. The second-order valence-electron chi connectivity index (χ2n) is 11.0. The van der Waals surface area contributed by atoms with E-state index in [4.69, 9.17) is 0 Å². The molecule has 9 rings (SSSR count). The van der Waals surface area contributed by atoms with Gasteiger partial charge in [-0.3, -0.25) is 0 Å². The molecule has 0 radical (unpaired) electrons. The van der Waals surface area contributed by atoms with Crippen LogP contribution in [0.5, 0.6) is 0 Å². The average molecular weight is 535 g/mol. The predicted octanol–water partition coefficient (Wildman–Crippen LogP) is 11.1. The molecule has 42 heavy (non-hydrogen) atoms. The summed E-state index contributed by atoms with van der Waals surface area (Å²) in [6, 6.07) is 57.3. The average Bonchev–Trinajstić information content (AvgIpc) is 3.57. The Morgan fingerprint density at radius 3 is 1.57 bits per heavy atom. The first-order valence-corrected chi connectivity index (χ1v) is 14.5. The van der Waals surface area contributed by atoms with Gasteiger partial charge in [0.25, 0.3) is 0 Å². The summed E-state index contributed by atoms with van der Waals surface area (Å²) >= 11 is 0. The lowest BCUT2D eigenvalue weighted by molar-refractivity contribution is 1.30. The van der Waals surface area contributed by atoms with Crippen molar-refractivity contribution in [2.45, 2.75) is 0 Å². The fraction of sp³-hybridized carbons (Fsp3) is 0. The standard InChI is InChI=1S/C40H26N2/c1-3-13-27(14-4-1)34-23-28-15-7-8-16-29(28)24-39(34)41(30-17-5-2-6-18-30)31-25-35-32-19-9-11-21-37(32)42-38-22-12-10-20-33(38)36(26-31)40(35)42/h1-26H. The Hall–Kier alpha value is -5.60. The minimum absolute atomic E-state index is 1.13. The molecule has 0 fully saturated rings. The number of fused-ring (bicyclic) bond motifs is 7. The van der Waals surface area contributed by atoms with Gasteiger partial charge in [0.15, 0.2) is 0 Å². The first-order valence-electron chi connectivity index (χ1n) is 14.5. The molecule has 0 spiro atoms. The highest BCUT2D eigenvalue weighted by atomic mass is 15.1. The van der Waals surface area contributed by atoms with Crippen LogP contribution in [0.25, 0.3) is 60.0 Å². The number of hydrogen-bond donors (Lipinski definition) is 0. The van der Waals surface area contributed by atoms with E-state index in [9.17, 15) is 0 Å². The van der Waals surface area contributed by atoms with E-state index in [1.54, 1.807) is 0 Å². The van der Waals surface area contributed by atoms with Crippen LogP contribution in [0.4, 0.5) is 17.1 Å². The topological polar surface area (TPSA) is 7.65 Å². The summed E-state index contributed by atoms with van der Waals surface area (Å²) in [5.74, 6) is 0. The van der Waals surface area contributed by atoms with Gasteiger partial charge in [0, 0.05) is 38.5 Å². The molecule has 2 heterocycles. The van der Waals surface area contributed by atoms with Crippen molar-refractivity contribution in [3.05, 3.63) is 158 Å². The first-order chi connectivity index (χ1) is 20.8. The molecule has 196 valence electrons. The zero-order valence-corrected chi connectivity index (χ0v) is 22.9. The van der Waals surface area contributed by atoms with Crippen LogP contribution >= 0.6 is 0 Å². The fourth-order valence-corrected chi connectivity index (χ4v) is 6.83. The van der Waals surface area contributed by atoms with E-state index in [0.717, 1.165) is 17.1 Å². The fourth-order valence-electron chi connectivity index (χ4n) is 6.83. The molecule has 0 aliphatic heterocycles. The van der Waals surface area contributed by atoms with Gasteiger partial charge in [-0.05, 0) is 64.9 Å². The third-order valence-electron chi connectivity index (χ3n) is 8.65. The Morgan fingerprint density at radius 1 is 0.405 bits per heavy atom. The molecule has 0 bridgehead atoms. The molecule has 9 aromatic rings. The molecular formula is C40H26N2. The van der Waals surface area contributed by atoms with Gasteiger partial charge in [-0.1, -0.05) is 109 Å². The molecule has 7 aromatic carbocycles. The lowest BCUT2D eigenvalue weighted by Crippen LogP contribution is -2.11. The maximum Gasteiger partial charge on any atom is 0.0622 e. The van der Waals surface area contributed by atoms with Crippen molar-refractivity contribution in [3.8, 4) is 11.1 Å². The summed E-state index contributed by atoms with van der Waals surface area (Å²) < 4.78 is 2.44. The van der Waals surface area contributed by atoms with Crippen molar-refractivity contribution < 1.29 is 0 Å². The Kier molecular flexibility index (Phi) is 4.93. The van der Waals surface area contributed by atoms with Crippen LogP contribution in [0.15, 0.2) is 158 Å². The van der Waals surface area contributed by atoms with Crippen molar-refractivity contribution in [3.63, 3.8) is 0 Å². The van der Waals surface area contributed by atoms with Crippen molar-refractivity contribution in [1.29, 1.82) is 0 Å². The molecule has 2 heteroatoms. The summed E-state index contributed by atoms with van der Waals surface area (Å²) in [5.41, 5.74) is 9.63. The van der Waals surface area contributed by atoms with E-state index in [0.29, 0.717) is 0 Å². The number of para-hydroxylation sites is 3. The molecule has 0 atom stereocenters. The maximum atomic E-state index is 2.44. The number of aromatic nitrogens is 1. The van der Waals surface area contributed by atoms with Gasteiger partial charge >= 0.3 is 0 Å². The maximum absolute atomic E-state index is 2.44. The highest BCUT2D eigenvalue weighted by molar-refractivity contribution is 6.24. The number of anilines is 3. The van der Waals surface area contributed by atoms with Crippen LogP contribution in [-0.2, 0) is 0 Å². The Labute approximate surface area is 243 Å². The lowest BCUT2D eigenvalue weighted by Gasteiger charge is -2.28. The minimum atomic E-state index is 1.13. The first kappa shape index (κ1) is 23.1. The second-order valence-corrected chi connectivity index (χ2v) is 11.0. The smallest absolute Gasteiger partial charge is 0.0622 e. The van der Waals surface area contributed by atoms with E-state index in [1.165, 1.54) is 60.0 Å². The molecule has 0 saturated carbocycles. The highest BCUT2D eigenvalue weighted by Crippen LogP contribution is 2.47. The van der Waals surface area contributed by atoms with E-state index in [2.05, 4.69) is 167 Å². The quantitative estimate of drug-likeness (QED) is 0.218. The largest absolute Gasteiger partial charge is 0.310 e. The van der Waals surface area contributed by atoms with Gasteiger partial charge in [0.05, 0.1) is 22.2 Å². The van der Waals surface area contributed by atoms with Crippen LogP contribution in [0.3, 0.4) is 0 Å². The predicted molar refractivity (Wildman–Crippen MR) is 179 cm³/mol. The van der Waals surface area contributed by atoms with Gasteiger partial charge in [-0.25, -0.2) is 0 Å². The Bertz CT molecular complexity index is 2320. The number of nitrogens with zero attached hydrogens (tertiary/aromatic N) is 2. The Morgan fingerprint density at radius 2 is 0.929 bits per heavy atom. The van der Waals surface area contributed by atoms with Gasteiger partial charge in [0.2, 0.25) is 0 Å². The Balaban J connectivity index is 1.43. The van der Waals surface area contributed by atoms with Gasteiger partial charge in [-0.2, -0.15) is 0 Å². The van der Waals surface area contributed by atoms with Crippen molar-refractivity contribution in [2.75, 3.05) is 4.90 Å². The zero-order valence-electron chi connectivity index (χ0n) is 22.9. The van der Waals surface area contributed by atoms with Gasteiger partial charge in [0.1, 0.15) is 0 Å². The van der Waals surface area contributed by atoms with Gasteiger partial charge < -0.3 is 9.30 Å². The van der Waals surface area contributed by atoms with Gasteiger partial charge in [-0.15, -0.1) is 0 Å². The molecular weight excluding hydrogens is 508 g/mol. The van der Waals surface area contributed by atoms with E-state index in [1.807, 2.05) is 0 Å². The summed E-state index contributed by atoms with van der Waals surface area (Å²) in [5, 5.41) is 7.56. The SMILES string of the molecule is c1ccc(-c2cc3ccccc3cc2N(c2ccccc2)c2cc3c4ccccc4n4c5ccccc5c(c2)c34)cc1. The summed E-state index contributed by atoms with van der Waals surface area (Å²) in [6.45, 7) is 0. The normalized spacial score (nSPS) is 11.8. The van der Waals surface area contributed by atoms with Crippen molar-refractivity contribution in [1.82, 2.24) is 4.40 Å². The number of benzene rings is 7. The summed E-state index contributed by atoms with van der Waals surface area (Å²) in [4.78, 5) is 2.44. The molecule has 0 N–H and O–H groups in total. The molecule has 0 saturated heterocycles. The summed E-state index contributed by atoms with van der Waals surface area (Å²) in [6.07, 6.45) is 0. The highest BCUT2D eigenvalue weighted by Gasteiger charge is 2.23. The van der Waals surface area contributed by atoms with Crippen LogP contribution in [0, 0.1) is 0 Å². The molecule has 0 aliphatic rings. The lowest BCUT2D eigenvalue weighted by atomic mass is 9.97. The second kappa shape index (κ2) is 8.95. The van der Waals surface area contributed by atoms with Crippen molar-refractivity contribution >= 4 is 65.9 Å². The van der Waals surface area contributed by atoms with E-state index < -0.39 is 0 Å². The molecule has 0 amide bonds. The van der Waals surface area contributed by atoms with Crippen molar-refractivity contribution in [2.24, 2.45) is 0 Å². The van der Waals surface area contributed by atoms with Crippen LogP contribution in [0.2, 0.25) is 0 Å². The van der Waals surface area contributed by atoms with Crippen LogP contribution in [0.1, 0.15) is 0 Å². The van der Waals surface area contributed by atoms with Crippen LogP contribution < -0.4 is 4.90 Å².